The molecule has 2 amide bonds. The second kappa shape index (κ2) is 12.5. The zero-order chi connectivity index (χ0) is 27.8. The van der Waals surface area contributed by atoms with Gasteiger partial charge in [0, 0.05) is 12.8 Å². The van der Waals surface area contributed by atoms with Gasteiger partial charge in [0.2, 0.25) is 11.8 Å². The van der Waals surface area contributed by atoms with Gasteiger partial charge in [0.25, 0.3) is 0 Å². The van der Waals surface area contributed by atoms with Crippen molar-refractivity contribution >= 4 is 18.1 Å². The number of amides is 2. The van der Waals surface area contributed by atoms with Crippen molar-refractivity contribution in [2.45, 2.75) is 37.4 Å². The molecule has 0 saturated heterocycles. The van der Waals surface area contributed by atoms with Gasteiger partial charge >= 0.3 is 0 Å². The number of hydrogen-bond donors (Lipinski definition) is 7. The van der Waals surface area contributed by atoms with Gasteiger partial charge in [-0.2, -0.15) is 0 Å². The summed E-state index contributed by atoms with van der Waals surface area (Å²) in [6.07, 6.45) is 0.173. The van der Waals surface area contributed by atoms with Gasteiger partial charge in [-0.25, -0.2) is 4.39 Å². The molecule has 0 fully saturated rings. The number of aromatic hydroxyl groups is 4. The van der Waals surface area contributed by atoms with E-state index in [9.17, 15) is 39.2 Å². The number of carbonyl (C=O) groups excluding carboxylic acids is 3. The average molecular weight is 526 g/mol. The molecule has 0 radical (unpaired) electrons. The van der Waals surface area contributed by atoms with E-state index in [0.29, 0.717) is 17.4 Å². The summed E-state index contributed by atoms with van der Waals surface area (Å²) in [5.41, 5.74) is 7.07. The molecule has 0 aliphatic carbocycles. The second-order valence-corrected chi connectivity index (χ2v) is 8.77. The first kappa shape index (κ1) is 27.9. The van der Waals surface area contributed by atoms with Crippen molar-refractivity contribution in [2.75, 3.05) is 0 Å². The molecule has 8 N–H and O–H groups in total. The molecule has 0 saturated carbocycles. The fraction of sp³-hybridized carbons (Fsp3) is 0.222. The van der Waals surface area contributed by atoms with Crippen molar-refractivity contribution in [3.05, 3.63) is 83.2 Å². The maximum atomic E-state index is 14.1. The van der Waals surface area contributed by atoms with Crippen LogP contribution in [0.5, 0.6) is 23.0 Å². The lowest BCUT2D eigenvalue weighted by Gasteiger charge is -2.23. The van der Waals surface area contributed by atoms with Gasteiger partial charge < -0.3 is 41.6 Å². The maximum absolute atomic E-state index is 14.1. The molecule has 0 aliphatic rings. The number of halogens is 1. The highest BCUT2D eigenvalue weighted by atomic mass is 19.1. The van der Waals surface area contributed by atoms with Crippen molar-refractivity contribution < 1.29 is 39.2 Å². The Bertz CT molecular complexity index is 1320. The number of aldehydes is 1. The summed E-state index contributed by atoms with van der Waals surface area (Å²) in [5, 5.41) is 43.6. The van der Waals surface area contributed by atoms with Crippen molar-refractivity contribution in [3.8, 4) is 23.0 Å². The molecule has 11 heteroatoms. The molecule has 0 spiro atoms. The average Bonchev–Trinajstić information content (AvgIpc) is 2.88. The minimum Gasteiger partial charge on any atom is -0.504 e. The van der Waals surface area contributed by atoms with Gasteiger partial charge in [0.15, 0.2) is 23.0 Å². The van der Waals surface area contributed by atoms with Crippen LogP contribution in [0.25, 0.3) is 0 Å². The van der Waals surface area contributed by atoms with Crippen LogP contribution in [0.3, 0.4) is 0 Å². The monoisotopic (exact) mass is 525 g/mol. The predicted octanol–water partition coefficient (Wildman–Crippen LogP) is 1.17. The van der Waals surface area contributed by atoms with Crippen LogP contribution in [0.2, 0.25) is 0 Å². The summed E-state index contributed by atoms with van der Waals surface area (Å²) < 4.78 is 14.1. The Morgan fingerprint density at radius 3 is 1.92 bits per heavy atom. The Morgan fingerprint density at radius 2 is 1.37 bits per heavy atom. The number of benzene rings is 3. The van der Waals surface area contributed by atoms with Gasteiger partial charge in [-0.1, -0.05) is 30.3 Å². The van der Waals surface area contributed by atoms with Gasteiger partial charge in [-0.05, 0) is 53.4 Å². The quantitative estimate of drug-likeness (QED) is 0.144. The summed E-state index contributed by atoms with van der Waals surface area (Å²) in [4.78, 5) is 37.7. The van der Waals surface area contributed by atoms with E-state index in [4.69, 9.17) is 5.73 Å². The molecule has 10 nitrogen and oxygen atoms in total. The van der Waals surface area contributed by atoms with E-state index in [0.717, 1.165) is 0 Å². The van der Waals surface area contributed by atoms with E-state index in [1.807, 2.05) is 0 Å². The molecule has 3 aromatic rings. The highest BCUT2D eigenvalue weighted by Gasteiger charge is 2.27. The number of phenolic OH excluding ortho intramolecular Hbond substituents is 4. The summed E-state index contributed by atoms with van der Waals surface area (Å²) in [6.45, 7) is 0. The first-order valence-electron chi connectivity index (χ1n) is 11.6. The van der Waals surface area contributed by atoms with Crippen LogP contribution in [-0.4, -0.2) is 56.7 Å². The molecule has 3 atom stereocenters. The number of hydrogen-bond acceptors (Lipinski definition) is 8. The molecule has 3 aromatic carbocycles. The standard InChI is InChI=1S/C27H28FN3O7/c28-19-4-2-1-3-17(19)13-18(14-32)30-27(38)21(10-16-6-8-23(34)25(36)12-16)31-26(37)20(29)9-15-5-7-22(33)24(35)11-15/h1-8,11-12,14,18,20-21,33-36H,9-10,13,29H2,(H,30,38)(H,31,37). The molecule has 0 aromatic heterocycles. The smallest absolute Gasteiger partial charge is 0.243 e. The third-order valence-corrected chi connectivity index (χ3v) is 5.83. The summed E-state index contributed by atoms with van der Waals surface area (Å²) in [5.74, 6) is -3.53. The second-order valence-electron chi connectivity index (χ2n) is 8.77. The fourth-order valence-corrected chi connectivity index (χ4v) is 3.78. The van der Waals surface area contributed by atoms with E-state index in [-0.39, 0.29) is 42.1 Å². The highest BCUT2D eigenvalue weighted by molar-refractivity contribution is 5.91. The Kier molecular flexibility index (Phi) is 9.23. The number of nitrogens with two attached hydrogens (primary N) is 1. The predicted molar refractivity (Wildman–Crippen MR) is 135 cm³/mol. The van der Waals surface area contributed by atoms with Gasteiger partial charge in [0.05, 0.1) is 12.1 Å². The van der Waals surface area contributed by atoms with Crippen LogP contribution in [0.4, 0.5) is 4.39 Å². The van der Waals surface area contributed by atoms with E-state index in [1.54, 1.807) is 6.07 Å². The summed E-state index contributed by atoms with van der Waals surface area (Å²) in [6, 6.07) is 10.2. The summed E-state index contributed by atoms with van der Waals surface area (Å²) >= 11 is 0. The van der Waals surface area contributed by atoms with E-state index in [2.05, 4.69) is 10.6 Å². The maximum Gasteiger partial charge on any atom is 0.243 e. The molecule has 0 bridgehead atoms. The minimum atomic E-state index is -1.26. The lowest BCUT2D eigenvalue weighted by atomic mass is 10.0. The zero-order valence-corrected chi connectivity index (χ0v) is 20.2. The topological polar surface area (TPSA) is 182 Å². The largest absolute Gasteiger partial charge is 0.504 e. The van der Waals surface area contributed by atoms with Crippen LogP contribution in [0.1, 0.15) is 16.7 Å². The van der Waals surface area contributed by atoms with Crippen molar-refractivity contribution in [2.24, 2.45) is 5.73 Å². The third kappa shape index (κ3) is 7.43. The molecular weight excluding hydrogens is 497 g/mol. The van der Waals surface area contributed by atoms with Crippen LogP contribution in [0.15, 0.2) is 60.7 Å². The van der Waals surface area contributed by atoms with Gasteiger partial charge in [0.1, 0.15) is 18.1 Å². The fourth-order valence-electron chi connectivity index (χ4n) is 3.78. The van der Waals surface area contributed by atoms with Crippen molar-refractivity contribution in [1.82, 2.24) is 10.6 Å². The Morgan fingerprint density at radius 1 is 0.789 bits per heavy atom. The van der Waals surface area contributed by atoms with Crippen LogP contribution >= 0.6 is 0 Å². The normalized spacial score (nSPS) is 13.2. The van der Waals surface area contributed by atoms with Gasteiger partial charge in [-0.15, -0.1) is 0 Å². The SMILES string of the molecule is NC(Cc1ccc(O)c(O)c1)C(=O)NC(Cc1ccc(O)c(O)c1)C(=O)NC(C=O)Cc1ccccc1F. The van der Waals surface area contributed by atoms with Crippen LogP contribution in [0, 0.1) is 5.82 Å². The molecular formula is C27H28FN3O7. The third-order valence-electron chi connectivity index (χ3n) is 5.83. The number of phenols is 4. The summed E-state index contributed by atoms with van der Waals surface area (Å²) in [7, 11) is 0. The number of rotatable bonds is 11. The molecule has 38 heavy (non-hydrogen) atoms. The lowest BCUT2D eigenvalue weighted by molar-refractivity contribution is -0.130. The lowest BCUT2D eigenvalue weighted by Crippen LogP contribution is -2.55. The zero-order valence-electron chi connectivity index (χ0n) is 20.2. The number of carbonyl (C=O) groups is 3. The first-order valence-corrected chi connectivity index (χ1v) is 11.6. The molecule has 0 heterocycles. The Hall–Kier alpha value is -4.64. The molecule has 200 valence electrons. The molecule has 3 unspecified atom stereocenters. The first-order chi connectivity index (χ1) is 18.1. The highest BCUT2D eigenvalue weighted by Crippen LogP contribution is 2.26. The van der Waals surface area contributed by atoms with E-state index >= 15 is 0 Å². The molecule has 0 aliphatic heterocycles. The Labute approximate surface area is 217 Å². The van der Waals surface area contributed by atoms with Crippen molar-refractivity contribution in [3.63, 3.8) is 0 Å². The Balaban J connectivity index is 1.76. The minimum absolute atomic E-state index is 0.0295. The van der Waals surface area contributed by atoms with E-state index in [1.165, 1.54) is 54.6 Å². The van der Waals surface area contributed by atoms with Crippen LogP contribution < -0.4 is 16.4 Å². The van der Waals surface area contributed by atoms with Gasteiger partial charge in [-0.3, -0.25) is 9.59 Å². The van der Waals surface area contributed by atoms with E-state index < -0.39 is 41.5 Å². The van der Waals surface area contributed by atoms with Crippen LogP contribution in [-0.2, 0) is 33.6 Å². The van der Waals surface area contributed by atoms with Crippen molar-refractivity contribution in [1.29, 1.82) is 0 Å². The molecule has 3 rings (SSSR count). The number of nitrogens with one attached hydrogen (secondary N) is 2.